The molecule has 0 N–H and O–H groups in total. The van der Waals surface area contributed by atoms with Crippen molar-refractivity contribution in [1.82, 2.24) is 9.88 Å². The summed E-state index contributed by atoms with van der Waals surface area (Å²) in [5.74, 6) is 0.591. The maximum Gasteiger partial charge on any atom is 0.148 e. The summed E-state index contributed by atoms with van der Waals surface area (Å²) in [7, 11) is -0.991. The number of alkyl halides is 1. The molecule has 0 aliphatic carbocycles. The lowest BCUT2D eigenvalue weighted by molar-refractivity contribution is 0.251. The standard InChI is InChI=1S/C11H19ClN2O2S2/c1-4-10(11-13-9(7-12)8-17-11)14(2)5-6-18(3,15)16/h8,10H,4-7H2,1-3H3. The van der Waals surface area contributed by atoms with Crippen molar-refractivity contribution in [2.75, 3.05) is 25.6 Å². The van der Waals surface area contributed by atoms with Crippen LogP contribution >= 0.6 is 22.9 Å². The Labute approximate surface area is 118 Å². The molecule has 0 bridgehead atoms. The average molecular weight is 311 g/mol. The van der Waals surface area contributed by atoms with E-state index < -0.39 is 9.84 Å². The van der Waals surface area contributed by atoms with Gasteiger partial charge in [-0.15, -0.1) is 22.9 Å². The van der Waals surface area contributed by atoms with Gasteiger partial charge in [-0.2, -0.15) is 0 Å². The second-order valence-corrected chi connectivity index (χ2v) is 7.76. The smallest absolute Gasteiger partial charge is 0.148 e. The molecule has 0 aliphatic heterocycles. The van der Waals surface area contributed by atoms with E-state index in [4.69, 9.17) is 11.6 Å². The zero-order valence-electron chi connectivity index (χ0n) is 10.9. The Morgan fingerprint density at radius 2 is 2.22 bits per heavy atom. The Kier molecular flexibility index (Phi) is 6.04. The zero-order valence-corrected chi connectivity index (χ0v) is 13.3. The Hall–Kier alpha value is -0.170. The normalized spacial score (nSPS) is 14.1. The highest BCUT2D eigenvalue weighted by molar-refractivity contribution is 7.90. The summed E-state index contributed by atoms with van der Waals surface area (Å²) in [5, 5.41) is 2.96. The topological polar surface area (TPSA) is 50.3 Å². The number of aromatic nitrogens is 1. The lowest BCUT2D eigenvalue weighted by Crippen LogP contribution is -2.29. The summed E-state index contributed by atoms with van der Waals surface area (Å²) in [6, 6.07) is 0.161. The highest BCUT2D eigenvalue weighted by Gasteiger charge is 2.19. The van der Waals surface area contributed by atoms with Gasteiger partial charge in [-0.3, -0.25) is 4.90 Å². The van der Waals surface area contributed by atoms with Crippen molar-refractivity contribution in [3.8, 4) is 0 Å². The van der Waals surface area contributed by atoms with Crippen molar-refractivity contribution in [2.24, 2.45) is 0 Å². The quantitative estimate of drug-likeness (QED) is 0.725. The van der Waals surface area contributed by atoms with E-state index >= 15 is 0 Å². The van der Waals surface area contributed by atoms with Crippen molar-refractivity contribution >= 4 is 32.8 Å². The number of hydrogen-bond acceptors (Lipinski definition) is 5. The van der Waals surface area contributed by atoms with E-state index in [0.29, 0.717) is 12.4 Å². The van der Waals surface area contributed by atoms with E-state index in [9.17, 15) is 8.42 Å². The van der Waals surface area contributed by atoms with Crippen molar-refractivity contribution in [3.05, 3.63) is 16.1 Å². The summed E-state index contributed by atoms with van der Waals surface area (Å²) in [4.78, 5) is 6.50. The maximum atomic E-state index is 11.2. The molecule has 0 saturated carbocycles. The Balaban J connectivity index is 2.70. The highest BCUT2D eigenvalue weighted by Crippen LogP contribution is 2.26. The lowest BCUT2D eigenvalue weighted by Gasteiger charge is -2.24. The summed E-state index contributed by atoms with van der Waals surface area (Å²) in [5.41, 5.74) is 0.881. The van der Waals surface area contributed by atoms with Crippen molar-refractivity contribution in [1.29, 1.82) is 0 Å². The van der Waals surface area contributed by atoms with E-state index in [2.05, 4.69) is 11.9 Å². The van der Waals surface area contributed by atoms with Gasteiger partial charge < -0.3 is 0 Å². The predicted octanol–water partition coefficient (Wildman–Crippen LogP) is 2.31. The van der Waals surface area contributed by atoms with Crippen molar-refractivity contribution in [2.45, 2.75) is 25.3 Å². The largest absolute Gasteiger partial charge is 0.296 e. The van der Waals surface area contributed by atoms with Crippen molar-refractivity contribution < 1.29 is 8.42 Å². The van der Waals surface area contributed by atoms with Crippen LogP contribution in [0.3, 0.4) is 0 Å². The molecule has 0 saturated heterocycles. The molecule has 0 aliphatic rings. The fraction of sp³-hybridized carbons (Fsp3) is 0.727. The van der Waals surface area contributed by atoms with Crippen LogP contribution in [0.1, 0.15) is 30.1 Å². The van der Waals surface area contributed by atoms with Crippen LogP contribution in [0, 0.1) is 0 Å². The second-order valence-electron chi connectivity index (χ2n) is 4.35. The molecule has 1 rings (SSSR count). The molecular weight excluding hydrogens is 292 g/mol. The minimum atomic E-state index is -2.92. The molecular formula is C11H19ClN2O2S2. The Morgan fingerprint density at radius 1 is 1.56 bits per heavy atom. The molecule has 18 heavy (non-hydrogen) atoms. The molecule has 1 heterocycles. The Morgan fingerprint density at radius 3 is 2.67 bits per heavy atom. The summed E-state index contributed by atoms with van der Waals surface area (Å²) in [6.07, 6.45) is 2.16. The van der Waals surface area contributed by atoms with Gasteiger partial charge >= 0.3 is 0 Å². The number of rotatable bonds is 7. The van der Waals surface area contributed by atoms with Gasteiger partial charge in [0.1, 0.15) is 14.8 Å². The first-order valence-electron chi connectivity index (χ1n) is 5.75. The van der Waals surface area contributed by atoms with Crippen LogP contribution in [0.2, 0.25) is 0 Å². The van der Waals surface area contributed by atoms with Crippen LogP contribution in [-0.4, -0.2) is 43.9 Å². The predicted molar refractivity (Wildman–Crippen MR) is 77.0 cm³/mol. The average Bonchev–Trinajstić information content (AvgIpc) is 2.75. The van der Waals surface area contributed by atoms with E-state index in [1.165, 1.54) is 6.26 Å². The van der Waals surface area contributed by atoms with Gasteiger partial charge in [-0.05, 0) is 13.5 Å². The molecule has 0 radical (unpaired) electrons. The number of sulfone groups is 1. The van der Waals surface area contributed by atoms with Gasteiger partial charge in [0, 0.05) is 18.2 Å². The molecule has 1 unspecified atom stereocenters. The first-order valence-corrected chi connectivity index (χ1v) is 9.23. The van der Waals surface area contributed by atoms with E-state index in [0.717, 1.165) is 17.1 Å². The molecule has 4 nitrogen and oxygen atoms in total. The van der Waals surface area contributed by atoms with Gasteiger partial charge in [0.25, 0.3) is 0 Å². The SMILES string of the molecule is CCC(c1nc(CCl)cs1)N(C)CCS(C)(=O)=O. The van der Waals surface area contributed by atoms with Crippen LogP contribution in [0.4, 0.5) is 0 Å². The minimum absolute atomic E-state index is 0.161. The number of hydrogen-bond donors (Lipinski definition) is 0. The first kappa shape index (κ1) is 15.9. The minimum Gasteiger partial charge on any atom is -0.296 e. The maximum absolute atomic E-state index is 11.2. The molecule has 104 valence electrons. The molecule has 0 spiro atoms. The van der Waals surface area contributed by atoms with Gasteiger partial charge in [0.15, 0.2) is 0 Å². The fourth-order valence-electron chi connectivity index (χ4n) is 1.68. The molecule has 1 atom stereocenters. The van der Waals surface area contributed by atoms with Gasteiger partial charge in [-0.25, -0.2) is 13.4 Å². The summed E-state index contributed by atoms with van der Waals surface area (Å²) >= 11 is 7.32. The van der Waals surface area contributed by atoms with Crippen molar-refractivity contribution in [3.63, 3.8) is 0 Å². The lowest BCUT2D eigenvalue weighted by atomic mass is 10.2. The van der Waals surface area contributed by atoms with Crippen LogP contribution in [0.25, 0.3) is 0 Å². The molecule has 0 fully saturated rings. The molecule has 7 heteroatoms. The van der Waals surface area contributed by atoms with Crippen LogP contribution < -0.4 is 0 Å². The third kappa shape index (κ3) is 4.84. The molecule has 0 aromatic carbocycles. The van der Waals surface area contributed by atoms with Crippen LogP contribution in [-0.2, 0) is 15.7 Å². The monoisotopic (exact) mass is 310 g/mol. The zero-order chi connectivity index (χ0) is 13.8. The van der Waals surface area contributed by atoms with Gasteiger partial charge in [0.05, 0.1) is 23.4 Å². The first-order chi connectivity index (χ1) is 8.37. The number of nitrogens with zero attached hydrogens (tertiary/aromatic N) is 2. The third-order valence-corrected chi connectivity index (χ3v) is 4.92. The molecule has 0 amide bonds. The van der Waals surface area contributed by atoms with E-state index in [1.807, 2.05) is 17.3 Å². The molecule has 1 aromatic rings. The second kappa shape index (κ2) is 6.84. The number of halogens is 1. The van der Waals surface area contributed by atoms with E-state index in [-0.39, 0.29) is 11.8 Å². The summed E-state index contributed by atoms with van der Waals surface area (Å²) < 4.78 is 22.4. The van der Waals surface area contributed by atoms with Crippen LogP contribution in [0.5, 0.6) is 0 Å². The van der Waals surface area contributed by atoms with Gasteiger partial charge in [-0.1, -0.05) is 6.92 Å². The van der Waals surface area contributed by atoms with Gasteiger partial charge in [0.2, 0.25) is 0 Å². The van der Waals surface area contributed by atoms with E-state index in [1.54, 1.807) is 11.3 Å². The highest BCUT2D eigenvalue weighted by atomic mass is 35.5. The Bertz CT molecular complexity index is 473. The third-order valence-electron chi connectivity index (χ3n) is 2.73. The molecule has 1 aromatic heterocycles. The fourth-order valence-corrected chi connectivity index (χ4v) is 3.59. The summed E-state index contributed by atoms with van der Waals surface area (Å²) in [6.45, 7) is 2.59. The number of thiazole rings is 1. The van der Waals surface area contributed by atoms with Crippen LogP contribution in [0.15, 0.2) is 5.38 Å².